The van der Waals surface area contributed by atoms with E-state index in [0.29, 0.717) is 12.2 Å². The summed E-state index contributed by atoms with van der Waals surface area (Å²) in [5.74, 6) is -0.127. The van der Waals surface area contributed by atoms with Gasteiger partial charge in [-0.3, -0.25) is 0 Å². The van der Waals surface area contributed by atoms with Gasteiger partial charge in [-0.05, 0) is 50.4 Å². The summed E-state index contributed by atoms with van der Waals surface area (Å²) in [7, 11) is 0. The van der Waals surface area contributed by atoms with Gasteiger partial charge in [0.1, 0.15) is 5.82 Å². The largest absolute Gasteiger partial charge is 0.373 e. The van der Waals surface area contributed by atoms with Crippen molar-refractivity contribution in [2.75, 3.05) is 13.2 Å². The van der Waals surface area contributed by atoms with Crippen molar-refractivity contribution in [3.8, 4) is 0 Å². The van der Waals surface area contributed by atoms with Crippen LogP contribution in [0.5, 0.6) is 0 Å². The van der Waals surface area contributed by atoms with Gasteiger partial charge in [0, 0.05) is 6.61 Å². The highest BCUT2D eigenvalue weighted by Gasteiger charge is 2.41. The van der Waals surface area contributed by atoms with E-state index in [-0.39, 0.29) is 17.5 Å². The number of hydrogen-bond donors (Lipinski definition) is 1. The van der Waals surface area contributed by atoms with E-state index in [9.17, 15) is 4.39 Å². The summed E-state index contributed by atoms with van der Waals surface area (Å²) < 4.78 is 20.2. The van der Waals surface area contributed by atoms with Crippen LogP contribution in [0, 0.1) is 12.7 Å². The van der Waals surface area contributed by atoms with E-state index in [0.717, 1.165) is 24.9 Å². The van der Waals surface area contributed by atoms with Crippen LogP contribution in [0.1, 0.15) is 63.1 Å². The van der Waals surface area contributed by atoms with Gasteiger partial charge in [0.15, 0.2) is 0 Å². The zero-order valence-electron chi connectivity index (χ0n) is 13.5. The number of ether oxygens (including phenoxy) is 1. The minimum absolute atomic E-state index is 0.0675. The molecule has 3 heteroatoms. The Labute approximate surface area is 128 Å². The van der Waals surface area contributed by atoms with Crippen LogP contribution in [0.2, 0.25) is 0 Å². The molecule has 0 radical (unpaired) electrons. The molecule has 0 heterocycles. The monoisotopic (exact) mass is 293 g/mol. The quantitative estimate of drug-likeness (QED) is 0.832. The van der Waals surface area contributed by atoms with E-state index < -0.39 is 0 Å². The topological polar surface area (TPSA) is 21.3 Å². The zero-order valence-corrected chi connectivity index (χ0v) is 13.5. The standard InChI is InChI=1S/C18H28FNO/c1-4-20-17(15-10-9-14(3)16(19)13-15)18(21-5-2)11-7-6-8-12-18/h9-10,13,17,20H,4-8,11-12H2,1-3H3. The first-order chi connectivity index (χ1) is 10.1. The predicted molar refractivity (Wildman–Crippen MR) is 85.0 cm³/mol. The maximum absolute atomic E-state index is 14.0. The molecule has 1 aromatic rings. The van der Waals surface area contributed by atoms with Crippen molar-refractivity contribution in [1.29, 1.82) is 0 Å². The molecule has 1 fully saturated rings. The molecule has 118 valence electrons. The molecule has 1 aliphatic rings. The van der Waals surface area contributed by atoms with Gasteiger partial charge in [-0.15, -0.1) is 0 Å². The Morgan fingerprint density at radius 3 is 2.52 bits per heavy atom. The number of halogens is 1. The predicted octanol–water partition coefficient (Wildman–Crippen LogP) is 4.52. The molecule has 1 aliphatic carbocycles. The molecule has 2 nitrogen and oxygen atoms in total. The lowest BCUT2D eigenvalue weighted by Gasteiger charge is -2.44. The van der Waals surface area contributed by atoms with Crippen molar-refractivity contribution in [1.82, 2.24) is 5.32 Å². The Balaban J connectivity index is 2.36. The third-order valence-electron chi connectivity index (χ3n) is 4.60. The van der Waals surface area contributed by atoms with Crippen LogP contribution < -0.4 is 5.32 Å². The highest BCUT2D eigenvalue weighted by molar-refractivity contribution is 5.28. The summed E-state index contributed by atoms with van der Waals surface area (Å²) in [6.07, 6.45) is 5.75. The van der Waals surface area contributed by atoms with Crippen molar-refractivity contribution >= 4 is 0 Å². The molecular weight excluding hydrogens is 265 g/mol. The fourth-order valence-electron chi connectivity index (χ4n) is 3.55. The number of benzene rings is 1. The fourth-order valence-corrected chi connectivity index (χ4v) is 3.55. The molecular formula is C18H28FNO. The summed E-state index contributed by atoms with van der Waals surface area (Å²) in [6, 6.07) is 5.66. The number of hydrogen-bond acceptors (Lipinski definition) is 2. The normalized spacial score (nSPS) is 19.4. The van der Waals surface area contributed by atoms with Crippen molar-refractivity contribution in [3.63, 3.8) is 0 Å². The van der Waals surface area contributed by atoms with Crippen molar-refractivity contribution in [2.24, 2.45) is 0 Å². The Kier molecular flexibility index (Phi) is 5.77. The summed E-state index contributed by atoms with van der Waals surface area (Å²) in [4.78, 5) is 0. The number of likely N-dealkylation sites (N-methyl/N-ethyl adjacent to an activating group) is 1. The van der Waals surface area contributed by atoms with Crippen LogP contribution in [-0.2, 0) is 4.74 Å². The van der Waals surface area contributed by atoms with Crippen LogP contribution in [0.3, 0.4) is 0 Å². The summed E-state index contributed by atoms with van der Waals surface area (Å²) in [5.41, 5.74) is 1.52. The molecule has 21 heavy (non-hydrogen) atoms. The third kappa shape index (κ3) is 3.64. The van der Waals surface area contributed by atoms with Gasteiger partial charge in [0.25, 0.3) is 0 Å². The Hall–Kier alpha value is -0.930. The molecule has 0 aromatic heterocycles. The first-order valence-electron chi connectivity index (χ1n) is 8.26. The van der Waals surface area contributed by atoms with Gasteiger partial charge in [0.05, 0.1) is 11.6 Å². The highest BCUT2D eigenvalue weighted by Crippen LogP contribution is 2.41. The van der Waals surface area contributed by atoms with Gasteiger partial charge in [0.2, 0.25) is 0 Å². The Morgan fingerprint density at radius 2 is 1.95 bits per heavy atom. The van der Waals surface area contributed by atoms with Crippen molar-refractivity contribution < 1.29 is 9.13 Å². The fraction of sp³-hybridized carbons (Fsp3) is 0.667. The van der Waals surface area contributed by atoms with Crippen LogP contribution in [-0.4, -0.2) is 18.8 Å². The van der Waals surface area contributed by atoms with E-state index in [1.54, 1.807) is 13.0 Å². The lowest BCUT2D eigenvalue weighted by molar-refractivity contribution is -0.0910. The Morgan fingerprint density at radius 1 is 1.24 bits per heavy atom. The average Bonchev–Trinajstić information content (AvgIpc) is 2.49. The van der Waals surface area contributed by atoms with Crippen LogP contribution in [0.4, 0.5) is 4.39 Å². The lowest BCUT2D eigenvalue weighted by Crippen LogP contribution is -2.47. The van der Waals surface area contributed by atoms with E-state index in [4.69, 9.17) is 4.74 Å². The average molecular weight is 293 g/mol. The molecule has 0 aliphatic heterocycles. The van der Waals surface area contributed by atoms with Crippen LogP contribution in [0.15, 0.2) is 18.2 Å². The van der Waals surface area contributed by atoms with E-state index in [2.05, 4.69) is 19.2 Å². The molecule has 1 saturated carbocycles. The maximum Gasteiger partial charge on any atom is 0.126 e. The van der Waals surface area contributed by atoms with Crippen LogP contribution in [0.25, 0.3) is 0 Å². The highest BCUT2D eigenvalue weighted by atomic mass is 19.1. The number of nitrogens with one attached hydrogen (secondary N) is 1. The molecule has 2 rings (SSSR count). The molecule has 1 unspecified atom stereocenters. The second-order valence-corrected chi connectivity index (χ2v) is 6.06. The lowest BCUT2D eigenvalue weighted by atomic mass is 9.76. The second kappa shape index (κ2) is 7.37. The molecule has 0 bridgehead atoms. The van der Waals surface area contributed by atoms with E-state index in [1.807, 2.05) is 12.1 Å². The van der Waals surface area contributed by atoms with E-state index in [1.165, 1.54) is 19.3 Å². The number of aryl methyl sites for hydroxylation is 1. The minimum atomic E-state index is -0.190. The van der Waals surface area contributed by atoms with Crippen molar-refractivity contribution in [3.05, 3.63) is 35.1 Å². The van der Waals surface area contributed by atoms with Gasteiger partial charge in [-0.1, -0.05) is 38.3 Å². The zero-order chi connectivity index (χ0) is 15.3. The summed E-state index contributed by atoms with van der Waals surface area (Å²) in [5, 5.41) is 3.55. The molecule has 0 amide bonds. The smallest absolute Gasteiger partial charge is 0.126 e. The van der Waals surface area contributed by atoms with Gasteiger partial charge in [-0.2, -0.15) is 0 Å². The van der Waals surface area contributed by atoms with Gasteiger partial charge >= 0.3 is 0 Å². The maximum atomic E-state index is 14.0. The molecule has 0 saturated heterocycles. The SMILES string of the molecule is CCNC(c1ccc(C)c(F)c1)C1(OCC)CCCCC1. The first kappa shape index (κ1) is 16.4. The summed E-state index contributed by atoms with van der Waals surface area (Å²) in [6.45, 7) is 7.51. The minimum Gasteiger partial charge on any atom is -0.373 e. The van der Waals surface area contributed by atoms with Gasteiger partial charge in [-0.25, -0.2) is 4.39 Å². The Bertz CT molecular complexity index is 449. The third-order valence-corrected chi connectivity index (χ3v) is 4.60. The van der Waals surface area contributed by atoms with Gasteiger partial charge < -0.3 is 10.1 Å². The molecule has 1 atom stereocenters. The van der Waals surface area contributed by atoms with E-state index >= 15 is 0 Å². The van der Waals surface area contributed by atoms with Crippen molar-refractivity contribution in [2.45, 2.75) is 64.5 Å². The number of rotatable bonds is 6. The molecule has 0 spiro atoms. The van der Waals surface area contributed by atoms with Crippen LogP contribution >= 0.6 is 0 Å². The summed E-state index contributed by atoms with van der Waals surface area (Å²) >= 11 is 0. The first-order valence-corrected chi connectivity index (χ1v) is 8.26. The molecule has 1 N–H and O–H groups in total. The second-order valence-electron chi connectivity index (χ2n) is 6.06. The molecule has 1 aromatic carbocycles.